The summed E-state index contributed by atoms with van der Waals surface area (Å²) in [5.41, 5.74) is 3.09. The van der Waals surface area contributed by atoms with E-state index in [9.17, 15) is 4.39 Å². The molecule has 0 nitrogen and oxygen atoms in total. The van der Waals surface area contributed by atoms with Crippen LogP contribution in [0.2, 0.25) is 0 Å². The Kier molecular flexibility index (Phi) is 4.70. The van der Waals surface area contributed by atoms with Gasteiger partial charge in [-0.1, -0.05) is 73.1 Å². The Labute approximate surface area is 136 Å². The molecule has 0 heterocycles. The first kappa shape index (κ1) is 15.7. The summed E-state index contributed by atoms with van der Waals surface area (Å²) < 4.78 is 14.6. The molecule has 1 unspecified atom stereocenters. The SMILES string of the molecule is CC(C)(C)c1ccc(C(Br)c2cccc(Br)c2F)cc1. The Morgan fingerprint density at radius 1 is 1.00 bits per heavy atom. The van der Waals surface area contributed by atoms with Crippen LogP contribution in [0.15, 0.2) is 46.9 Å². The van der Waals surface area contributed by atoms with Crippen LogP contribution in [0.1, 0.15) is 42.3 Å². The van der Waals surface area contributed by atoms with Crippen molar-refractivity contribution in [2.45, 2.75) is 31.0 Å². The molecular formula is C17H17Br2F. The number of hydrogen-bond donors (Lipinski definition) is 0. The third kappa shape index (κ3) is 3.32. The standard InChI is InChI=1S/C17H17Br2F/c1-17(2,3)12-9-7-11(8-10-12)15(19)13-5-4-6-14(18)16(13)20/h4-10,15H,1-3H3. The molecule has 3 heteroatoms. The summed E-state index contributed by atoms with van der Waals surface area (Å²) in [5, 5.41) is 0. The van der Waals surface area contributed by atoms with E-state index in [-0.39, 0.29) is 16.1 Å². The summed E-state index contributed by atoms with van der Waals surface area (Å²) in [5.74, 6) is -0.214. The van der Waals surface area contributed by atoms with Crippen molar-refractivity contribution in [3.8, 4) is 0 Å². The molecule has 1 atom stereocenters. The zero-order valence-corrected chi connectivity index (χ0v) is 14.9. The quantitative estimate of drug-likeness (QED) is 0.514. The second-order valence-electron chi connectivity index (χ2n) is 5.88. The van der Waals surface area contributed by atoms with E-state index in [4.69, 9.17) is 0 Å². The van der Waals surface area contributed by atoms with E-state index in [0.717, 1.165) is 5.56 Å². The van der Waals surface area contributed by atoms with E-state index >= 15 is 0 Å². The molecule has 0 saturated heterocycles. The van der Waals surface area contributed by atoms with Crippen LogP contribution < -0.4 is 0 Å². The minimum Gasteiger partial charge on any atom is -0.205 e. The van der Waals surface area contributed by atoms with Crippen molar-refractivity contribution >= 4 is 31.9 Å². The van der Waals surface area contributed by atoms with Gasteiger partial charge in [-0.3, -0.25) is 0 Å². The van der Waals surface area contributed by atoms with Crippen molar-refractivity contribution in [3.05, 3.63) is 69.4 Å². The van der Waals surface area contributed by atoms with Crippen molar-refractivity contribution in [1.82, 2.24) is 0 Å². The maximum atomic E-state index is 14.1. The highest BCUT2D eigenvalue weighted by molar-refractivity contribution is 9.10. The Morgan fingerprint density at radius 2 is 1.60 bits per heavy atom. The van der Waals surface area contributed by atoms with Crippen molar-refractivity contribution in [3.63, 3.8) is 0 Å². The van der Waals surface area contributed by atoms with Crippen LogP contribution >= 0.6 is 31.9 Å². The van der Waals surface area contributed by atoms with Crippen LogP contribution in [0, 0.1) is 5.82 Å². The molecule has 2 aromatic carbocycles. The Balaban J connectivity index is 2.34. The van der Waals surface area contributed by atoms with Crippen molar-refractivity contribution in [1.29, 1.82) is 0 Å². The largest absolute Gasteiger partial charge is 0.205 e. The second-order valence-corrected chi connectivity index (χ2v) is 7.65. The molecule has 0 aliphatic heterocycles. The van der Waals surface area contributed by atoms with Crippen LogP contribution in [0.5, 0.6) is 0 Å². The van der Waals surface area contributed by atoms with Gasteiger partial charge in [-0.05, 0) is 38.5 Å². The normalized spacial score (nSPS) is 13.3. The van der Waals surface area contributed by atoms with Gasteiger partial charge in [0.05, 0.1) is 9.30 Å². The van der Waals surface area contributed by atoms with Gasteiger partial charge in [0.1, 0.15) is 5.82 Å². The average molecular weight is 400 g/mol. The monoisotopic (exact) mass is 398 g/mol. The summed E-state index contributed by atoms with van der Waals surface area (Å²) >= 11 is 6.82. The molecule has 106 valence electrons. The molecule has 2 aromatic rings. The van der Waals surface area contributed by atoms with E-state index < -0.39 is 0 Å². The molecule has 0 aliphatic carbocycles. The highest BCUT2D eigenvalue weighted by Gasteiger charge is 2.18. The Bertz CT molecular complexity index is 597. The zero-order valence-electron chi connectivity index (χ0n) is 11.8. The van der Waals surface area contributed by atoms with Crippen LogP contribution in [-0.4, -0.2) is 0 Å². The van der Waals surface area contributed by atoms with E-state index in [1.165, 1.54) is 5.56 Å². The van der Waals surface area contributed by atoms with Crippen LogP contribution in [0.3, 0.4) is 0 Å². The second kappa shape index (κ2) is 5.98. The smallest absolute Gasteiger partial charge is 0.142 e. The van der Waals surface area contributed by atoms with Crippen molar-refractivity contribution in [2.24, 2.45) is 0 Å². The van der Waals surface area contributed by atoms with Gasteiger partial charge in [0.2, 0.25) is 0 Å². The summed E-state index contributed by atoms with van der Waals surface area (Å²) in [4.78, 5) is -0.144. The molecule has 0 bridgehead atoms. The number of halogens is 3. The fraction of sp³-hybridized carbons (Fsp3) is 0.294. The predicted octanol–water partition coefficient (Wildman–Crippen LogP) is 6.37. The van der Waals surface area contributed by atoms with E-state index in [2.05, 4.69) is 76.9 Å². The summed E-state index contributed by atoms with van der Waals surface area (Å²) in [6, 6.07) is 13.7. The minimum absolute atomic E-state index is 0.126. The average Bonchev–Trinajstić information content (AvgIpc) is 2.40. The molecule has 0 aliphatic rings. The third-order valence-electron chi connectivity index (χ3n) is 3.32. The zero-order chi connectivity index (χ0) is 14.9. The maximum Gasteiger partial charge on any atom is 0.142 e. The van der Waals surface area contributed by atoms with E-state index in [1.54, 1.807) is 12.1 Å². The molecule has 0 fully saturated rings. The molecule has 0 spiro atoms. The number of alkyl halides is 1. The first-order valence-corrected chi connectivity index (χ1v) is 8.20. The van der Waals surface area contributed by atoms with Crippen molar-refractivity contribution in [2.75, 3.05) is 0 Å². The van der Waals surface area contributed by atoms with Gasteiger partial charge >= 0.3 is 0 Å². The highest BCUT2D eigenvalue weighted by atomic mass is 79.9. The van der Waals surface area contributed by atoms with Gasteiger partial charge < -0.3 is 0 Å². The summed E-state index contributed by atoms with van der Waals surface area (Å²) in [7, 11) is 0. The first-order valence-electron chi connectivity index (χ1n) is 6.49. The summed E-state index contributed by atoms with van der Waals surface area (Å²) in [6.07, 6.45) is 0. The van der Waals surface area contributed by atoms with E-state index in [1.807, 2.05) is 6.07 Å². The Hall–Kier alpha value is -0.670. The molecule has 0 aromatic heterocycles. The molecule has 0 radical (unpaired) electrons. The molecule has 0 saturated carbocycles. The lowest BCUT2D eigenvalue weighted by molar-refractivity contribution is 0.589. The van der Waals surface area contributed by atoms with Gasteiger partial charge in [0.15, 0.2) is 0 Å². The van der Waals surface area contributed by atoms with Crippen LogP contribution in [-0.2, 0) is 5.41 Å². The topological polar surface area (TPSA) is 0 Å². The van der Waals surface area contributed by atoms with Gasteiger partial charge in [0.25, 0.3) is 0 Å². The third-order valence-corrected chi connectivity index (χ3v) is 4.96. The molecule has 0 amide bonds. The van der Waals surface area contributed by atoms with Crippen LogP contribution in [0.4, 0.5) is 4.39 Å². The number of hydrogen-bond acceptors (Lipinski definition) is 0. The minimum atomic E-state index is -0.214. The number of benzene rings is 2. The molecule has 0 N–H and O–H groups in total. The van der Waals surface area contributed by atoms with E-state index in [0.29, 0.717) is 10.0 Å². The fourth-order valence-electron chi connectivity index (χ4n) is 2.05. The van der Waals surface area contributed by atoms with Crippen molar-refractivity contribution < 1.29 is 4.39 Å². The molecular weight excluding hydrogens is 383 g/mol. The highest BCUT2D eigenvalue weighted by Crippen LogP contribution is 2.35. The van der Waals surface area contributed by atoms with Gasteiger partial charge in [-0.2, -0.15) is 0 Å². The maximum absolute atomic E-state index is 14.1. The predicted molar refractivity (Wildman–Crippen MR) is 90.0 cm³/mol. The molecule has 20 heavy (non-hydrogen) atoms. The van der Waals surface area contributed by atoms with Gasteiger partial charge in [-0.25, -0.2) is 4.39 Å². The molecule has 2 rings (SSSR count). The lowest BCUT2D eigenvalue weighted by Gasteiger charge is -2.20. The lowest BCUT2D eigenvalue weighted by Crippen LogP contribution is -2.10. The first-order chi connectivity index (χ1) is 9.30. The Morgan fingerprint density at radius 3 is 2.15 bits per heavy atom. The fourth-order valence-corrected chi connectivity index (χ4v) is 3.09. The van der Waals surface area contributed by atoms with Gasteiger partial charge in [0, 0.05) is 5.56 Å². The lowest BCUT2D eigenvalue weighted by atomic mass is 9.86. The van der Waals surface area contributed by atoms with Crippen LogP contribution in [0.25, 0.3) is 0 Å². The van der Waals surface area contributed by atoms with Gasteiger partial charge in [-0.15, -0.1) is 0 Å². The number of rotatable bonds is 2. The summed E-state index contributed by atoms with van der Waals surface area (Å²) in [6.45, 7) is 6.55.